The predicted octanol–water partition coefficient (Wildman–Crippen LogP) is 4.28. The monoisotopic (exact) mass is 287 g/mol. The van der Waals surface area contributed by atoms with Crippen LogP contribution in [0.15, 0.2) is 22.7 Å². The molecule has 16 heavy (non-hydrogen) atoms. The van der Waals surface area contributed by atoms with E-state index in [0.29, 0.717) is 10.4 Å². The second-order valence-electron chi connectivity index (χ2n) is 4.26. The lowest BCUT2D eigenvalue weighted by atomic mass is 9.94. The molecule has 0 aliphatic rings. The predicted molar refractivity (Wildman–Crippen MR) is 70.0 cm³/mol. The molecule has 1 nitrogen and oxygen atoms in total. The molecule has 3 heteroatoms. The van der Waals surface area contributed by atoms with E-state index in [0.717, 1.165) is 18.4 Å². The van der Waals surface area contributed by atoms with E-state index in [2.05, 4.69) is 35.1 Å². The van der Waals surface area contributed by atoms with Crippen LogP contribution in [-0.4, -0.2) is 7.05 Å². The van der Waals surface area contributed by atoms with Gasteiger partial charge in [0.2, 0.25) is 0 Å². The van der Waals surface area contributed by atoms with Crippen LogP contribution in [0, 0.1) is 11.7 Å². The highest BCUT2D eigenvalue weighted by Crippen LogP contribution is 2.25. The summed E-state index contributed by atoms with van der Waals surface area (Å²) in [6, 6.07) is 5.58. The second-order valence-corrected chi connectivity index (χ2v) is 5.12. The zero-order valence-electron chi connectivity index (χ0n) is 10.1. The summed E-state index contributed by atoms with van der Waals surface area (Å²) in [6.45, 7) is 4.40. The second kappa shape index (κ2) is 6.36. The van der Waals surface area contributed by atoms with Crippen molar-refractivity contribution in [1.82, 2.24) is 5.32 Å². The molecule has 0 aliphatic heterocycles. The van der Waals surface area contributed by atoms with E-state index in [1.54, 1.807) is 12.1 Å². The molecule has 0 saturated heterocycles. The third kappa shape index (κ3) is 3.56. The fourth-order valence-electron chi connectivity index (χ4n) is 1.72. The Morgan fingerprint density at radius 3 is 2.62 bits per heavy atom. The number of benzene rings is 1. The minimum Gasteiger partial charge on any atom is -0.313 e. The van der Waals surface area contributed by atoms with Crippen molar-refractivity contribution in [2.75, 3.05) is 7.05 Å². The van der Waals surface area contributed by atoms with E-state index >= 15 is 0 Å². The third-order valence-corrected chi connectivity index (χ3v) is 3.67. The van der Waals surface area contributed by atoms with Crippen LogP contribution < -0.4 is 5.32 Å². The summed E-state index contributed by atoms with van der Waals surface area (Å²) in [7, 11) is 1.92. The fourth-order valence-corrected chi connectivity index (χ4v) is 1.97. The Kier molecular flexibility index (Phi) is 5.42. The van der Waals surface area contributed by atoms with Gasteiger partial charge in [-0.1, -0.05) is 26.3 Å². The average molecular weight is 288 g/mol. The summed E-state index contributed by atoms with van der Waals surface area (Å²) in [6.07, 6.45) is 2.19. The Labute approximate surface area is 106 Å². The molecule has 0 aromatic heterocycles. The van der Waals surface area contributed by atoms with E-state index in [9.17, 15) is 4.39 Å². The van der Waals surface area contributed by atoms with Gasteiger partial charge in [0.25, 0.3) is 0 Å². The normalized spacial score (nSPS) is 14.8. The molecule has 0 radical (unpaired) electrons. The maximum atomic E-state index is 13.4. The van der Waals surface area contributed by atoms with Gasteiger partial charge in [0.15, 0.2) is 0 Å². The Morgan fingerprint density at radius 1 is 1.44 bits per heavy atom. The number of nitrogens with one attached hydrogen (secondary N) is 1. The van der Waals surface area contributed by atoms with Crippen LogP contribution in [-0.2, 0) is 0 Å². The van der Waals surface area contributed by atoms with Crippen molar-refractivity contribution in [2.45, 2.75) is 32.7 Å². The lowest BCUT2D eigenvalue weighted by molar-refractivity contribution is 0.420. The number of halogens is 2. The number of hydrogen-bond acceptors (Lipinski definition) is 1. The molecule has 1 rings (SSSR count). The first-order valence-electron chi connectivity index (χ1n) is 5.70. The average Bonchev–Trinajstić information content (AvgIpc) is 2.29. The van der Waals surface area contributed by atoms with Crippen LogP contribution >= 0.6 is 15.9 Å². The van der Waals surface area contributed by atoms with Crippen molar-refractivity contribution < 1.29 is 4.39 Å². The van der Waals surface area contributed by atoms with Crippen LogP contribution in [0.1, 0.15) is 38.3 Å². The lowest BCUT2D eigenvalue weighted by Crippen LogP contribution is -2.19. The molecule has 1 aromatic carbocycles. The van der Waals surface area contributed by atoms with Gasteiger partial charge in [-0.15, -0.1) is 0 Å². The molecule has 0 heterocycles. The standard InChI is InChI=1S/C13H19BrFN/c1-4-9(2)7-13(16-3)10-5-6-11(14)12(15)8-10/h5-6,8-9,13,16H,4,7H2,1-3H3. The lowest BCUT2D eigenvalue weighted by Gasteiger charge is -2.20. The van der Waals surface area contributed by atoms with E-state index in [4.69, 9.17) is 0 Å². The van der Waals surface area contributed by atoms with Gasteiger partial charge >= 0.3 is 0 Å². The van der Waals surface area contributed by atoms with Crippen LogP contribution in [0.4, 0.5) is 4.39 Å². The first kappa shape index (κ1) is 13.7. The quantitative estimate of drug-likeness (QED) is 0.852. The van der Waals surface area contributed by atoms with Gasteiger partial charge in [-0.25, -0.2) is 4.39 Å². The SMILES string of the molecule is CCC(C)CC(NC)c1ccc(Br)c(F)c1. The molecule has 0 bridgehead atoms. The molecule has 0 fully saturated rings. The smallest absolute Gasteiger partial charge is 0.137 e. The van der Waals surface area contributed by atoms with E-state index < -0.39 is 0 Å². The van der Waals surface area contributed by atoms with Crippen molar-refractivity contribution in [3.8, 4) is 0 Å². The highest BCUT2D eigenvalue weighted by atomic mass is 79.9. The molecule has 0 saturated carbocycles. The van der Waals surface area contributed by atoms with Gasteiger partial charge in [-0.2, -0.15) is 0 Å². The molecule has 90 valence electrons. The summed E-state index contributed by atoms with van der Waals surface area (Å²) in [4.78, 5) is 0. The summed E-state index contributed by atoms with van der Waals surface area (Å²) < 4.78 is 13.9. The number of hydrogen-bond donors (Lipinski definition) is 1. The zero-order chi connectivity index (χ0) is 12.1. The minimum absolute atomic E-state index is 0.193. The topological polar surface area (TPSA) is 12.0 Å². The van der Waals surface area contributed by atoms with Crippen LogP contribution in [0.5, 0.6) is 0 Å². The van der Waals surface area contributed by atoms with Crippen LogP contribution in [0.2, 0.25) is 0 Å². The molecule has 0 spiro atoms. The summed E-state index contributed by atoms with van der Waals surface area (Å²) in [5.41, 5.74) is 1.02. The molecule has 2 atom stereocenters. The Balaban J connectivity index is 2.82. The maximum absolute atomic E-state index is 13.4. The molecule has 0 aliphatic carbocycles. The highest BCUT2D eigenvalue weighted by Gasteiger charge is 2.13. The van der Waals surface area contributed by atoms with Gasteiger partial charge < -0.3 is 5.32 Å². The maximum Gasteiger partial charge on any atom is 0.137 e. The molecule has 2 unspecified atom stereocenters. The molecular formula is C13H19BrFN. The van der Waals surface area contributed by atoms with Crippen LogP contribution in [0.3, 0.4) is 0 Å². The van der Waals surface area contributed by atoms with Gasteiger partial charge in [0.1, 0.15) is 5.82 Å². The van der Waals surface area contributed by atoms with Gasteiger partial charge in [-0.3, -0.25) is 0 Å². The molecule has 1 aromatic rings. The molecule has 0 amide bonds. The van der Waals surface area contributed by atoms with Crippen molar-refractivity contribution in [3.05, 3.63) is 34.1 Å². The largest absolute Gasteiger partial charge is 0.313 e. The van der Waals surface area contributed by atoms with E-state index in [1.165, 1.54) is 0 Å². The highest BCUT2D eigenvalue weighted by molar-refractivity contribution is 9.10. The summed E-state index contributed by atoms with van der Waals surface area (Å²) in [5.74, 6) is 0.450. The van der Waals surface area contributed by atoms with E-state index in [1.807, 2.05) is 13.1 Å². The Bertz CT molecular complexity index is 341. The van der Waals surface area contributed by atoms with Gasteiger partial charge in [0, 0.05) is 6.04 Å². The minimum atomic E-state index is -0.193. The van der Waals surface area contributed by atoms with Crippen molar-refractivity contribution in [1.29, 1.82) is 0 Å². The van der Waals surface area contributed by atoms with Gasteiger partial charge in [-0.05, 0) is 53.0 Å². The molecular weight excluding hydrogens is 269 g/mol. The molecule has 1 N–H and O–H groups in total. The first-order valence-corrected chi connectivity index (χ1v) is 6.50. The fraction of sp³-hybridized carbons (Fsp3) is 0.538. The van der Waals surface area contributed by atoms with Gasteiger partial charge in [0.05, 0.1) is 4.47 Å². The Hall–Kier alpha value is -0.410. The summed E-state index contributed by atoms with van der Waals surface area (Å²) in [5, 5.41) is 3.25. The Morgan fingerprint density at radius 2 is 2.12 bits per heavy atom. The van der Waals surface area contributed by atoms with Crippen molar-refractivity contribution in [2.24, 2.45) is 5.92 Å². The first-order chi connectivity index (χ1) is 7.58. The zero-order valence-corrected chi connectivity index (χ0v) is 11.6. The third-order valence-electron chi connectivity index (χ3n) is 3.03. The van der Waals surface area contributed by atoms with Crippen LogP contribution in [0.25, 0.3) is 0 Å². The van der Waals surface area contributed by atoms with Crippen molar-refractivity contribution in [3.63, 3.8) is 0 Å². The number of rotatable bonds is 5. The van der Waals surface area contributed by atoms with E-state index in [-0.39, 0.29) is 11.9 Å². The summed E-state index contributed by atoms with van der Waals surface area (Å²) >= 11 is 3.17. The van der Waals surface area contributed by atoms with Crippen molar-refractivity contribution >= 4 is 15.9 Å².